The first-order valence-electron chi connectivity index (χ1n) is 6.14. The van der Waals surface area contributed by atoms with Gasteiger partial charge in [-0.15, -0.1) is 0 Å². The first-order valence-corrected chi connectivity index (χ1v) is 6.14. The fourth-order valence-corrected chi connectivity index (χ4v) is 2.23. The van der Waals surface area contributed by atoms with E-state index < -0.39 is 11.7 Å². The van der Waals surface area contributed by atoms with Crippen LogP contribution in [0.4, 0.5) is 5.69 Å². The van der Waals surface area contributed by atoms with Crippen molar-refractivity contribution in [2.75, 3.05) is 12.0 Å². The number of pyridine rings is 1. The van der Waals surface area contributed by atoms with Crippen LogP contribution in [0, 0.1) is 0 Å². The van der Waals surface area contributed by atoms with Crippen molar-refractivity contribution in [3.05, 3.63) is 53.9 Å². The minimum atomic E-state index is -0.517. The van der Waals surface area contributed by atoms with Crippen LogP contribution in [0.2, 0.25) is 0 Å². The molecule has 0 saturated heterocycles. The smallest absolute Gasteiger partial charge is 0.299 e. The topological polar surface area (TPSA) is 59.5 Å². The van der Waals surface area contributed by atoms with E-state index in [-0.39, 0.29) is 0 Å². The molecule has 0 unspecified atom stereocenters. The number of rotatable bonds is 3. The number of Topliss-reactive ketones (excluding diaryl/α,β-unsaturated/α-hetero) is 1. The average Bonchev–Trinajstić information content (AvgIpc) is 2.73. The van der Waals surface area contributed by atoms with Crippen molar-refractivity contribution in [2.45, 2.75) is 6.54 Å². The molecule has 0 N–H and O–H groups in total. The van der Waals surface area contributed by atoms with Crippen LogP contribution < -0.4 is 9.64 Å². The van der Waals surface area contributed by atoms with Crippen LogP contribution in [0.3, 0.4) is 0 Å². The summed E-state index contributed by atoms with van der Waals surface area (Å²) in [6, 6.07) is 8.66. The minimum absolute atomic E-state index is 0.318. The van der Waals surface area contributed by atoms with Crippen LogP contribution in [0.1, 0.15) is 15.9 Å². The Balaban J connectivity index is 2.00. The zero-order valence-corrected chi connectivity index (χ0v) is 10.9. The largest absolute Gasteiger partial charge is 0.497 e. The number of carbonyl (C=O) groups is 2. The lowest BCUT2D eigenvalue weighted by molar-refractivity contribution is -0.114. The van der Waals surface area contributed by atoms with E-state index in [1.165, 1.54) is 4.90 Å². The van der Waals surface area contributed by atoms with Gasteiger partial charge in [-0.25, -0.2) is 0 Å². The van der Waals surface area contributed by atoms with Gasteiger partial charge >= 0.3 is 0 Å². The maximum Gasteiger partial charge on any atom is 0.299 e. The number of methoxy groups -OCH3 is 1. The van der Waals surface area contributed by atoms with Gasteiger partial charge in [0.2, 0.25) is 0 Å². The Kier molecular flexibility index (Phi) is 2.95. The molecule has 1 aromatic carbocycles. The SMILES string of the molecule is COc1ccc2c(c1)N(Cc1cccnc1)C(=O)C2=O. The van der Waals surface area contributed by atoms with Crippen LogP contribution in [0.15, 0.2) is 42.7 Å². The van der Waals surface area contributed by atoms with Crippen molar-refractivity contribution in [3.63, 3.8) is 0 Å². The number of ketones is 1. The van der Waals surface area contributed by atoms with Gasteiger partial charge < -0.3 is 9.64 Å². The van der Waals surface area contributed by atoms with Crippen LogP contribution in [0.5, 0.6) is 5.75 Å². The number of carbonyl (C=O) groups excluding carboxylic acids is 2. The third-order valence-electron chi connectivity index (χ3n) is 3.24. The van der Waals surface area contributed by atoms with Gasteiger partial charge in [0.05, 0.1) is 24.9 Å². The van der Waals surface area contributed by atoms with Gasteiger partial charge in [0.25, 0.3) is 11.7 Å². The molecule has 0 aliphatic carbocycles. The molecule has 3 rings (SSSR count). The molecule has 0 saturated carbocycles. The Morgan fingerprint density at radius 2 is 2.10 bits per heavy atom. The molecule has 5 heteroatoms. The Hall–Kier alpha value is -2.69. The molecule has 0 bridgehead atoms. The number of fused-ring (bicyclic) bond motifs is 1. The van der Waals surface area contributed by atoms with Gasteiger partial charge in [0, 0.05) is 18.5 Å². The van der Waals surface area contributed by atoms with Crippen molar-refractivity contribution in [1.29, 1.82) is 0 Å². The molecule has 0 atom stereocenters. The zero-order chi connectivity index (χ0) is 14.1. The summed E-state index contributed by atoms with van der Waals surface area (Å²) in [5.74, 6) is -0.383. The normalized spacial score (nSPS) is 13.6. The second-order valence-corrected chi connectivity index (χ2v) is 4.46. The Morgan fingerprint density at radius 1 is 1.25 bits per heavy atom. The summed E-state index contributed by atoms with van der Waals surface area (Å²) in [5.41, 5.74) is 1.87. The van der Waals surface area contributed by atoms with Crippen LogP contribution >= 0.6 is 0 Å². The number of anilines is 1. The van der Waals surface area contributed by atoms with E-state index in [4.69, 9.17) is 4.74 Å². The maximum absolute atomic E-state index is 12.1. The molecule has 1 aromatic heterocycles. The molecule has 20 heavy (non-hydrogen) atoms. The molecule has 100 valence electrons. The van der Waals surface area contributed by atoms with Gasteiger partial charge in [-0.1, -0.05) is 6.07 Å². The highest BCUT2D eigenvalue weighted by Crippen LogP contribution is 2.33. The van der Waals surface area contributed by atoms with E-state index in [1.54, 1.807) is 43.8 Å². The van der Waals surface area contributed by atoms with Crippen molar-refractivity contribution in [1.82, 2.24) is 4.98 Å². The molecule has 1 aliphatic heterocycles. The van der Waals surface area contributed by atoms with E-state index in [9.17, 15) is 9.59 Å². The first kappa shape index (κ1) is 12.3. The number of amides is 1. The maximum atomic E-state index is 12.1. The number of benzene rings is 1. The zero-order valence-electron chi connectivity index (χ0n) is 10.9. The summed E-state index contributed by atoms with van der Waals surface area (Å²) >= 11 is 0. The lowest BCUT2D eigenvalue weighted by Gasteiger charge is -2.16. The van der Waals surface area contributed by atoms with Crippen molar-refractivity contribution in [2.24, 2.45) is 0 Å². The van der Waals surface area contributed by atoms with Gasteiger partial charge in [-0.05, 0) is 23.8 Å². The molecule has 1 amide bonds. The lowest BCUT2D eigenvalue weighted by Crippen LogP contribution is -2.29. The van der Waals surface area contributed by atoms with E-state index >= 15 is 0 Å². The van der Waals surface area contributed by atoms with E-state index in [0.29, 0.717) is 23.5 Å². The molecular weight excluding hydrogens is 256 g/mol. The van der Waals surface area contributed by atoms with E-state index in [1.807, 2.05) is 6.07 Å². The molecule has 2 heterocycles. The van der Waals surface area contributed by atoms with Gasteiger partial charge in [-0.2, -0.15) is 0 Å². The molecule has 0 spiro atoms. The number of ether oxygens (including phenoxy) is 1. The highest BCUT2D eigenvalue weighted by Gasteiger charge is 2.35. The summed E-state index contributed by atoms with van der Waals surface area (Å²) in [6.07, 6.45) is 3.34. The van der Waals surface area contributed by atoms with Gasteiger partial charge in [0.15, 0.2) is 0 Å². The molecule has 0 radical (unpaired) electrons. The number of hydrogen-bond acceptors (Lipinski definition) is 4. The van der Waals surface area contributed by atoms with Crippen LogP contribution in [0.25, 0.3) is 0 Å². The van der Waals surface area contributed by atoms with Crippen molar-refractivity contribution in [3.8, 4) is 5.75 Å². The van der Waals surface area contributed by atoms with Crippen molar-refractivity contribution >= 4 is 17.4 Å². The standard InChI is InChI=1S/C15H12N2O3/c1-20-11-4-5-12-13(7-11)17(15(19)14(12)18)9-10-3-2-6-16-8-10/h2-8H,9H2,1H3. The van der Waals surface area contributed by atoms with E-state index in [2.05, 4.69) is 4.98 Å². The number of aromatic nitrogens is 1. The molecule has 1 aliphatic rings. The second-order valence-electron chi connectivity index (χ2n) is 4.46. The predicted octanol–water partition coefficient (Wildman–Crippen LogP) is 1.82. The van der Waals surface area contributed by atoms with E-state index in [0.717, 1.165) is 5.56 Å². The first-order chi connectivity index (χ1) is 9.70. The molecule has 0 fully saturated rings. The quantitative estimate of drug-likeness (QED) is 0.797. The summed E-state index contributed by atoms with van der Waals surface area (Å²) in [5, 5.41) is 0. The Labute approximate surface area is 115 Å². The summed E-state index contributed by atoms with van der Waals surface area (Å²) in [7, 11) is 1.55. The van der Waals surface area contributed by atoms with Crippen LogP contribution in [-0.4, -0.2) is 23.8 Å². The summed E-state index contributed by atoms with van der Waals surface area (Å²) < 4.78 is 5.15. The van der Waals surface area contributed by atoms with Crippen molar-refractivity contribution < 1.29 is 14.3 Å². The van der Waals surface area contributed by atoms with Gasteiger partial charge in [0.1, 0.15) is 5.75 Å². The number of hydrogen-bond donors (Lipinski definition) is 0. The monoisotopic (exact) mass is 268 g/mol. The van der Waals surface area contributed by atoms with Crippen LogP contribution in [-0.2, 0) is 11.3 Å². The second kappa shape index (κ2) is 4.77. The Morgan fingerprint density at radius 3 is 2.80 bits per heavy atom. The highest BCUT2D eigenvalue weighted by molar-refractivity contribution is 6.52. The highest BCUT2D eigenvalue weighted by atomic mass is 16.5. The third kappa shape index (κ3) is 1.93. The third-order valence-corrected chi connectivity index (χ3v) is 3.24. The fourth-order valence-electron chi connectivity index (χ4n) is 2.23. The molecular formula is C15H12N2O3. The van der Waals surface area contributed by atoms with Gasteiger partial charge in [-0.3, -0.25) is 14.6 Å². The predicted molar refractivity (Wildman–Crippen MR) is 72.8 cm³/mol. The average molecular weight is 268 g/mol. The Bertz CT molecular complexity index is 683. The molecule has 5 nitrogen and oxygen atoms in total. The molecule has 2 aromatic rings. The summed E-state index contributed by atoms with van der Waals surface area (Å²) in [4.78, 5) is 29.5. The lowest BCUT2D eigenvalue weighted by atomic mass is 10.1. The summed E-state index contributed by atoms with van der Waals surface area (Å²) in [6.45, 7) is 0.318. The fraction of sp³-hybridized carbons (Fsp3) is 0.133. The minimum Gasteiger partial charge on any atom is -0.497 e. The number of nitrogens with zero attached hydrogens (tertiary/aromatic N) is 2.